The second kappa shape index (κ2) is 4.41. The molecule has 0 bridgehead atoms. The van der Waals surface area contributed by atoms with Gasteiger partial charge < -0.3 is 5.11 Å². The lowest BCUT2D eigenvalue weighted by atomic mass is 10.1. The molecule has 100 valence electrons. The van der Waals surface area contributed by atoms with Crippen LogP contribution in [0, 0.1) is 12.7 Å². The van der Waals surface area contributed by atoms with E-state index in [2.05, 4.69) is 10.1 Å². The minimum absolute atomic E-state index is 0.124. The average Bonchev–Trinajstić information content (AvgIpc) is 2.84. The number of carbonyl (C=O) groups is 1. The van der Waals surface area contributed by atoms with Gasteiger partial charge in [0.15, 0.2) is 11.3 Å². The summed E-state index contributed by atoms with van der Waals surface area (Å²) in [4.78, 5) is 15.1. The molecule has 0 saturated carbocycles. The monoisotopic (exact) mass is 271 g/mol. The smallest absolute Gasteiger partial charge is 0.356 e. The van der Waals surface area contributed by atoms with Gasteiger partial charge in [-0.2, -0.15) is 5.10 Å². The van der Waals surface area contributed by atoms with Gasteiger partial charge in [-0.3, -0.25) is 0 Å². The first-order valence-electron chi connectivity index (χ1n) is 5.91. The lowest BCUT2D eigenvalue weighted by molar-refractivity contribution is 0.0690. The molecule has 0 spiro atoms. The summed E-state index contributed by atoms with van der Waals surface area (Å²) in [6.07, 6.45) is 1.57. The Balaban J connectivity index is 2.37. The number of aromatic carboxylic acids is 1. The van der Waals surface area contributed by atoms with Crippen LogP contribution < -0.4 is 0 Å². The Kier molecular flexibility index (Phi) is 2.71. The number of halogens is 1. The molecule has 0 fully saturated rings. The summed E-state index contributed by atoms with van der Waals surface area (Å²) in [5.41, 5.74) is 1.81. The zero-order valence-electron chi connectivity index (χ0n) is 10.5. The Morgan fingerprint density at radius 3 is 2.80 bits per heavy atom. The van der Waals surface area contributed by atoms with Crippen LogP contribution in [-0.2, 0) is 0 Å². The highest BCUT2D eigenvalue weighted by Crippen LogP contribution is 2.26. The first kappa shape index (κ1) is 12.3. The van der Waals surface area contributed by atoms with E-state index >= 15 is 0 Å². The molecule has 20 heavy (non-hydrogen) atoms. The van der Waals surface area contributed by atoms with E-state index < -0.39 is 11.8 Å². The Hall–Kier alpha value is -2.76. The Morgan fingerprint density at radius 1 is 1.35 bits per heavy atom. The van der Waals surface area contributed by atoms with Crippen LogP contribution in [0.4, 0.5) is 4.39 Å². The molecule has 0 aliphatic rings. The first-order valence-corrected chi connectivity index (χ1v) is 5.91. The number of nitrogens with zero attached hydrogens (tertiary/aromatic N) is 3. The van der Waals surface area contributed by atoms with E-state index in [4.69, 9.17) is 5.11 Å². The molecule has 1 N–H and O–H groups in total. The number of rotatable bonds is 2. The minimum atomic E-state index is -1.15. The molecule has 0 unspecified atom stereocenters. The molecule has 0 aliphatic heterocycles. The first-order chi connectivity index (χ1) is 9.58. The van der Waals surface area contributed by atoms with E-state index in [1.165, 1.54) is 16.6 Å². The SMILES string of the molecule is Cc1cnc2cc(C(=O)O)nn2c1-c1ccccc1F. The molecule has 2 heterocycles. The minimum Gasteiger partial charge on any atom is -0.476 e. The van der Waals surface area contributed by atoms with Crippen molar-refractivity contribution >= 4 is 11.6 Å². The van der Waals surface area contributed by atoms with Crippen LogP contribution in [0.25, 0.3) is 16.9 Å². The highest BCUT2D eigenvalue weighted by Gasteiger charge is 2.16. The van der Waals surface area contributed by atoms with Crippen molar-refractivity contribution in [1.82, 2.24) is 14.6 Å². The maximum atomic E-state index is 14.0. The molecule has 1 aromatic carbocycles. The Bertz CT molecular complexity index is 826. The van der Waals surface area contributed by atoms with Crippen LogP contribution in [-0.4, -0.2) is 25.7 Å². The maximum Gasteiger partial charge on any atom is 0.356 e. The molecule has 3 aromatic rings. The van der Waals surface area contributed by atoms with Crippen LogP contribution >= 0.6 is 0 Å². The van der Waals surface area contributed by atoms with Gasteiger partial charge in [-0.25, -0.2) is 18.7 Å². The maximum absolute atomic E-state index is 14.0. The van der Waals surface area contributed by atoms with Gasteiger partial charge in [0.25, 0.3) is 0 Å². The molecular formula is C14H10FN3O2. The quantitative estimate of drug-likeness (QED) is 0.777. The number of aryl methyl sites for hydroxylation is 1. The fraction of sp³-hybridized carbons (Fsp3) is 0.0714. The number of aromatic nitrogens is 3. The molecule has 5 nitrogen and oxygen atoms in total. The van der Waals surface area contributed by atoms with Crippen molar-refractivity contribution in [2.45, 2.75) is 6.92 Å². The summed E-state index contributed by atoms with van der Waals surface area (Å²) in [7, 11) is 0. The second-order valence-corrected chi connectivity index (χ2v) is 4.37. The molecule has 0 saturated heterocycles. The molecular weight excluding hydrogens is 261 g/mol. The largest absolute Gasteiger partial charge is 0.476 e. The molecule has 0 atom stereocenters. The van der Waals surface area contributed by atoms with E-state index in [1.807, 2.05) is 0 Å². The lowest BCUT2D eigenvalue weighted by Gasteiger charge is -2.08. The van der Waals surface area contributed by atoms with Crippen molar-refractivity contribution in [3.63, 3.8) is 0 Å². The van der Waals surface area contributed by atoms with E-state index in [0.717, 1.165) is 0 Å². The van der Waals surface area contributed by atoms with Gasteiger partial charge in [0.2, 0.25) is 0 Å². The number of carboxylic acid groups (broad SMARTS) is 1. The molecule has 0 amide bonds. The second-order valence-electron chi connectivity index (χ2n) is 4.37. The van der Waals surface area contributed by atoms with E-state index in [-0.39, 0.29) is 5.69 Å². The third-order valence-corrected chi connectivity index (χ3v) is 3.01. The van der Waals surface area contributed by atoms with Crippen molar-refractivity contribution in [3.05, 3.63) is 53.6 Å². The topological polar surface area (TPSA) is 67.5 Å². The Morgan fingerprint density at radius 2 is 2.10 bits per heavy atom. The van der Waals surface area contributed by atoms with Crippen LogP contribution in [0.5, 0.6) is 0 Å². The summed E-state index contributed by atoms with van der Waals surface area (Å²) < 4.78 is 15.3. The fourth-order valence-electron chi connectivity index (χ4n) is 2.10. The molecule has 3 rings (SSSR count). The number of fused-ring (bicyclic) bond motifs is 1. The standard InChI is InChI=1S/C14H10FN3O2/c1-8-7-16-12-6-11(14(19)20)17-18(12)13(8)9-4-2-3-5-10(9)15/h2-7H,1H3,(H,19,20). The summed E-state index contributed by atoms with van der Waals surface area (Å²) in [5.74, 6) is -1.54. The summed E-state index contributed by atoms with van der Waals surface area (Å²) in [6.45, 7) is 1.77. The van der Waals surface area contributed by atoms with Gasteiger partial charge in [0.05, 0.1) is 5.69 Å². The van der Waals surface area contributed by atoms with Crippen molar-refractivity contribution in [1.29, 1.82) is 0 Å². The van der Waals surface area contributed by atoms with E-state index in [1.54, 1.807) is 31.3 Å². The van der Waals surface area contributed by atoms with Crippen LogP contribution in [0.15, 0.2) is 36.5 Å². The summed E-state index contributed by atoms with van der Waals surface area (Å²) in [6, 6.07) is 7.64. The normalized spacial score (nSPS) is 10.9. The molecule has 0 aliphatic carbocycles. The highest BCUT2D eigenvalue weighted by molar-refractivity contribution is 5.87. The molecule has 0 radical (unpaired) electrons. The third-order valence-electron chi connectivity index (χ3n) is 3.01. The van der Waals surface area contributed by atoms with E-state index in [9.17, 15) is 9.18 Å². The zero-order valence-corrected chi connectivity index (χ0v) is 10.5. The summed E-state index contributed by atoms with van der Waals surface area (Å²) >= 11 is 0. The predicted molar refractivity (Wildman–Crippen MR) is 70.1 cm³/mol. The molecule has 2 aromatic heterocycles. The van der Waals surface area contributed by atoms with Gasteiger partial charge in [-0.15, -0.1) is 0 Å². The Labute approximate surface area is 113 Å². The molecule has 6 heteroatoms. The highest BCUT2D eigenvalue weighted by atomic mass is 19.1. The van der Waals surface area contributed by atoms with Gasteiger partial charge in [-0.1, -0.05) is 12.1 Å². The van der Waals surface area contributed by atoms with Gasteiger partial charge in [0, 0.05) is 17.8 Å². The van der Waals surface area contributed by atoms with Gasteiger partial charge >= 0.3 is 5.97 Å². The number of hydrogen-bond donors (Lipinski definition) is 1. The average molecular weight is 271 g/mol. The number of hydrogen-bond acceptors (Lipinski definition) is 3. The lowest BCUT2D eigenvalue weighted by Crippen LogP contribution is -2.02. The zero-order chi connectivity index (χ0) is 14.3. The van der Waals surface area contributed by atoms with Gasteiger partial charge in [-0.05, 0) is 24.6 Å². The van der Waals surface area contributed by atoms with Crippen LogP contribution in [0.3, 0.4) is 0 Å². The van der Waals surface area contributed by atoms with Crippen LogP contribution in [0.1, 0.15) is 16.1 Å². The number of benzene rings is 1. The fourth-order valence-corrected chi connectivity index (χ4v) is 2.10. The van der Waals surface area contributed by atoms with Crippen molar-refractivity contribution < 1.29 is 14.3 Å². The van der Waals surface area contributed by atoms with Crippen molar-refractivity contribution in [2.75, 3.05) is 0 Å². The van der Waals surface area contributed by atoms with E-state index in [0.29, 0.717) is 22.5 Å². The van der Waals surface area contributed by atoms with Crippen molar-refractivity contribution in [3.8, 4) is 11.3 Å². The predicted octanol–water partition coefficient (Wildman–Crippen LogP) is 2.54. The van der Waals surface area contributed by atoms with Gasteiger partial charge in [0.1, 0.15) is 5.82 Å². The summed E-state index contributed by atoms with van der Waals surface area (Å²) in [5, 5.41) is 13.0. The number of carboxylic acids is 1. The van der Waals surface area contributed by atoms with Crippen LogP contribution in [0.2, 0.25) is 0 Å². The van der Waals surface area contributed by atoms with Crippen molar-refractivity contribution in [2.24, 2.45) is 0 Å². The third kappa shape index (κ3) is 1.82.